The summed E-state index contributed by atoms with van der Waals surface area (Å²) < 4.78 is 0. The van der Waals surface area contributed by atoms with E-state index in [0.717, 1.165) is 11.1 Å². The molecule has 4 heteroatoms. The quantitative estimate of drug-likeness (QED) is 0.702. The molecule has 0 fully saturated rings. The number of phenolic OH excluding ortho intramolecular Hbond substituents is 1. The van der Waals surface area contributed by atoms with Gasteiger partial charge in [-0.3, -0.25) is 4.79 Å². The van der Waals surface area contributed by atoms with Gasteiger partial charge in [0.05, 0.1) is 6.04 Å². The van der Waals surface area contributed by atoms with Crippen molar-refractivity contribution in [3.05, 3.63) is 23.3 Å². The minimum Gasteiger partial charge on any atom is -0.508 e. The molecule has 0 aliphatic carbocycles. The maximum atomic E-state index is 11.8. The van der Waals surface area contributed by atoms with Gasteiger partial charge in [0.25, 0.3) is 0 Å². The SMILES string of the molecule is Cc1cc(NC(=O)C(N)C(C)C)c(C)cc1O. The van der Waals surface area contributed by atoms with E-state index in [1.165, 1.54) is 0 Å². The highest BCUT2D eigenvalue weighted by Crippen LogP contribution is 2.25. The van der Waals surface area contributed by atoms with Crippen LogP contribution in [0.15, 0.2) is 12.1 Å². The number of aryl methyl sites for hydroxylation is 2. The largest absolute Gasteiger partial charge is 0.508 e. The fourth-order valence-corrected chi connectivity index (χ4v) is 1.45. The first-order valence-electron chi connectivity index (χ1n) is 5.69. The van der Waals surface area contributed by atoms with Crippen LogP contribution in [0.1, 0.15) is 25.0 Å². The van der Waals surface area contributed by atoms with Gasteiger partial charge in [0.2, 0.25) is 5.91 Å². The van der Waals surface area contributed by atoms with E-state index in [2.05, 4.69) is 5.32 Å². The molecule has 1 aromatic rings. The molecule has 1 aromatic carbocycles. The Morgan fingerprint density at radius 2 is 1.88 bits per heavy atom. The van der Waals surface area contributed by atoms with Gasteiger partial charge in [-0.15, -0.1) is 0 Å². The number of anilines is 1. The summed E-state index contributed by atoms with van der Waals surface area (Å²) in [6.07, 6.45) is 0. The Bertz CT molecular complexity index is 428. The number of benzene rings is 1. The smallest absolute Gasteiger partial charge is 0.241 e. The van der Waals surface area contributed by atoms with E-state index in [0.29, 0.717) is 5.69 Å². The Morgan fingerprint density at radius 1 is 1.29 bits per heavy atom. The minimum atomic E-state index is -0.525. The number of nitrogens with one attached hydrogen (secondary N) is 1. The van der Waals surface area contributed by atoms with Crippen LogP contribution in [0.4, 0.5) is 5.69 Å². The van der Waals surface area contributed by atoms with Crippen LogP contribution in [0.3, 0.4) is 0 Å². The Labute approximate surface area is 102 Å². The number of carbonyl (C=O) groups is 1. The minimum absolute atomic E-state index is 0.0912. The first-order valence-corrected chi connectivity index (χ1v) is 5.69. The molecule has 4 nitrogen and oxygen atoms in total. The van der Waals surface area contributed by atoms with E-state index in [9.17, 15) is 9.90 Å². The molecule has 0 saturated carbocycles. The summed E-state index contributed by atoms with van der Waals surface area (Å²) in [6, 6.07) is 2.85. The molecular formula is C13H20N2O2. The second-order valence-electron chi connectivity index (χ2n) is 4.71. The molecule has 0 heterocycles. The predicted molar refractivity (Wildman–Crippen MR) is 69.0 cm³/mol. The van der Waals surface area contributed by atoms with Crippen LogP contribution in [0.25, 0.3) is 0 Å². The summed E-state index contributed by atoms with van der Waals surface area (Å²) in [5.74, 6) is 0.121. The zero-order valence-electron chi connectivity index (χ0n) is 10.7. The fraction of sp³-hybridized carbons (Fsp3) is 0.462. The second-order valence-corrected chi connectivity index (χ2v) is 4.71. The van der Waals surface area contributed by atoms with E-state index in [4.69, 9.17) is 5.73 Å². The van der Waals surface area contributed by atoms with Gasteiger partial charge < -0.3 is 16.2 Å². The molecule has 1 rings (SSSR count). The van der Waals surface area contributed by atoms with Gasteiger partial charge in [-0.25, -0.2) is 0 Å². The van der Waals surface area contributed by atoms with Crippen LogP contribution in [-0.2, 0) is 4.79 Å². The van der Waals surface area contributed by atoms with Crippen molar-refractivity contribution in [2.45, 2.75) is 33.7 Å². The highest BCUT2D eigenvalue weighted by Gasteiger charge is 2.18. The number of hydrogen-bond acceptors (Lipinski definition) is 3. The summed E-state index contributed by atoms with van der Waals surface area (Å²) in [5, 5.41) is 12.3. The van der Waals surface area contributed by atoms with Crippen molar-refractivity contribution in [2.24, 2.45) is 11.7 Å². The normalized spacial score (nSPS) is 12.6. The summed E-state index contributed by atoms with van der Waals surface area (Å²) in [7, 11) is 0. The third-order valence-electron chi connectivity index (χ3n) is 2.82. The van der Waals surface area contributed by atoms with E-state index >= 15 is 0 Å². The maximum absolute atomic E-state index is 11.8. The first kappa shape index (κ1) is 13.5. The van der Waals surface area contributed by atoms with E-state index in [1.54, 1.807) is 19.1 Å². The lowest BCUT2D eigenvalue weighted by Crippen LogP contribution is -2.39. The molecule has 1 atom stereocenters. The van der Waals surface area contributed by atoms with Crippen molar-refractivity contribution in [3.8, 4) is 5.75 Å². The van der Waals surface area contributed by atoms with E-state index in [1.807, 2.05) is 20.8 Å². The number of hydrogen-bond donors (Lipinski definition) is 3. The molecule has 1 unspecified atom stereocenters. The Hall–Kier alpha value is -1.55. The molecule has 0 aromatic heterocycles. The van der Waals surface area contributed by atoms with Crippen LogP contribution in [0.2, 0.25) is 0 Å². The zero-order chi connectivity index (χ0) is 13.2. The Balaban J connectivity index is 2.89. The van der Waals surface area contributed by atoms with Crippen molar-refractivity contribution in [1.82, 2.24) is 0 Å². The highest BCUT2D eigenvalue weighted by atomic mass is 16.3. The van der Waals surface area contributed by atoms with Gasteiger partial charge in [0.1, 0.15) is 5.75 Å². The summed E-state index contributed by atoms with van der Waals surface area (Å²) >= 11 is 0. The lowest BCUT2D eigenvalue weighted by Gasteiger charge is -2.17. The maximum Gasteiger partial charge on any atom is 0.241 e. The predicted octanol–water partition coefficient (Wildman–Crippen LogP) is 1.93. The zero-order valence-corrected chi connectivity index (χ0v) is 10.7. The van der Waals surface area contributed by atoms with Crippen LogP contribution in [0.5, 0.6) is 5.75 Å². The molecule has 0 bridgehead atoms. The third kappa shape index (κ3) is 3.20. The topological polar surface area (TPSA) is 75.4 Å². The molecule has 1 amide bonds. The van der Waals surface area contributed by atoms with Gasteiger partial charge in [-0.2, -0.15) is 0 Å². The van der Waals surface area contributed by atoms with Crippen molar-refractivity contribution < 1.29 is 9.90 Å². The molecule has 94 valence electrons. The van der Waals surface area contributed by atoms with Crippen LogP contribution < -0.4 is 11.1 Å². The first-order chi connectivity index (χ1) is 7.82. The van der Waals surface area contributed by atoms with Crippen LogP contribution in [0, 0.1) is 19.8 Å². The Kier molecular flexibility index (Phi) is 4.12. The summed E-state index contributed by atoms with van der Waals surface area (Å²) in [5.41, 5.74) is 8.00. The molecule has 0 radical (unpaired) electrons. The number of carbonyl (C=O) groups excluding carboxylic acids is 1. The molecular weight excluding hydrogens is 216 g/mol. The van der Waals surface area contributed by atoms with Gasteiger partial charge >= 0.3 is 0 Å². The third-order valence-corrected chi connectivity index (χ3v) is 2.82. The standard InChI is InChI=1S/C13H20N2O2/c1-7(2)12(14)13(17)15-10-5-9(4)11(16)6-8(10)3/h5-7,12,16H,14H2,1-4H3,(H,15,17). The number of amides is 1. The lowest BCUT2D eigenvalue weighted by atomic mass is 10.0. The molecule has 17 heavy (non-hydrogen) atoms. The fourth-order valence-electron chi connectivity index (χ4n) is 1.45. The van der Waals surface area contributed by atoms with Gasteiger partial charge in [0.15, 0.2) is 0 Å². The van der Waals surface area contributed by atoms with Crippen molar-refractivity contribution in [3.63, 3.8) is 0 Å². The average molecular weight is 236 g/mol. The number of aromatic hydroxyl groups is 1. The molecule has 0 spiro atoms. The van der Waals surface area contributed by atoms with Gasteiger partial charge in [-0.05, 0) is 43.0 Å². The van der Waals surface area contributed by atoms with Gasteiger partial charge in [-0.1, -0.05) is 13.8 Å². The van der Waals surface area contributed by atoms with E-state index in [-0.39, 0.29) is 17.6 Å². The molecule has 0 saturated heterocycles. The van der Waals surface area contributed by atoms with Crippen molar-refractivity contribution >= 4 is 11.6 Å². The van der Waals surface area contributed by atoms with E-state index < -0.39 is 6.04 Å². The molecule has 0 aliphatic rings. The monoisotopic (exact) mass is 236 g/mol. The average Bonchev–Trinajstić information content (AvgIpc) is 2.24. The van der Waals surface area contributed by atoms with Gasteiger partial charge in [0, 0.05) is 5.69 Å². The van der Waals surface area contributed by atoms with Crippen LogP contribution in [-0.4, -0.2) is 17.1 Å². The number of nitrogens with two attached hydrogens (primary N) is 1. The van der Waals surface area contributed by atoms with Crippen LogP contribution >= 0.6 is 0 Å². The number of rotatable bonds is 3. The molecule has 4 N–H and O–H groups in total. The Morgan fingerprint density at radius 3 is 2.41 bits per heavy atom. The molecule has 0 aliphatic heterocycles. The second kappa shape index (κ2) is 5.19. The van der Waals surface area contributed by atoms with Crippen molar-refractivity contribution in [1.29, 1.82) is 0 Å². The summed E-state index contributed by atoms with van der Waals surface area (Å²) in [6.45, 7) is 7.42. The lowest BCUT2D eigenvalue weighted by molar-refractivity contribution is -0.118. The summed E-state index contributed by atoms with van der Waals surface area (Å²) in [4.78, 5) is 11.8. The highest BCUT2D eigenvalue weighted by molar-refractivity contribution is 5.95. The van der Waals surface area contributed by atoms with Crippen molar-refractivity contribution in [2.75, 3.05) is 5.32 Å². The number of phenols is 1.